The summed E-state index contributed by atoms with van der Waals surface area (Å²) in [6.07, 6.45) is 0.799. The summed E-state index contributed by atoms with van der Waals surface area (Å²) in [4.78, 5) is 4.26. The number of nitrogens with zero attached hydrogens (tertiary/aromatic N) is 3. The minimum atomic E-state index is 0.0168. The molecule has 2 atom stereocenters. The summed E-state index contributed by atoms with van der Waals surface area (Å²) in [6, 6.07) is 8.76. The van der Waals surface area contributed by atoms with E-state index in [0.717, 1.165) is 12.0 Å². The van der Waals surface area contributed by atoms with Gasteiger partial charge < -0.3 is 9.63 Å². The molecule has 1 saturated carbocycles. The number of phenolic OH excluding ortho intramolecular Hbond substituents is 1. The van der Waals surface area contributed by atoms with Crippen LogP contribution in [0.2, 0.25) is 0 Å². The van der Waals surface area contributed by atoms with Crippen LogP contribution >= 0.6 is 0 Å². The lowest BCUT2D eigenvalue weighted by molar-refractivity contribution is 0.378. The van der Waals surface area contributed by atoms with Crippen LogP contribution in [-0.2, 0) is 0 Å². The predicted octanol–water partition coefficient (Wildman–Crippen LogP) is 2.07. The molecule has 84 valence electrons. The zero-order valence-corrected chi connectivity index (χ0v) is 8.87. The number of benzene rings is 1. The molecule has 0 amide bonds. The first kappa shape index (κ1) is 9.85. The monoisotopic (exact) mass is 227 g/mol. The second-order valence-corrected chi connectivity index (χ2v) is 4.08. The maximum absolute atomic E-state index is 9.17. The Bertz CT molecular complexity index is 583. The van der Waals surface area contributed by atoms with Crippen LogP contribution in [-0.4, -0.2) is 15.2 Å². The molecule has 1 aromatic heterocycles. The van der Waals surface area contributed by atoms with E-state index in [1.165, 1.54) is 0 Å². The van der Waals surface area contributed by atoms with Crippen LogP contribution in [0.15, 0.2) is 28.8 Å². The van der Waals surface area contributed by atoms with Crippen molar-refractivity contribution in [3.63, 3.8) is 0 Å². The van der Waals surface area contributed by atoms with Crippen LogP contribution in [0.4, 0.5) is 0 Å². The number of aromatic nitrogens is 2. The molecule has 1 aliphatic rings. The van der Waals surface area contributed by atoms with E-state index in [1.807, 2.05) is 0 Å². The largest absolute Gasteiger partial charge is 0.508 e. The van der Waals surface area contributed by atoms with Gasteiger partial charge in [-0.05, 0) is 30.7 Å². The van der Waals surface area contributed by atoms with Crippen molar-refractivity contribution in [2.45, 2.75) is 12.3 Å². The number of hydrogen-bond donors (Lipinski definition) is 1. The second kappa shape index (κ2) is 3.59. The highest BCUT2D eigenvalue weighted by Crippen LogP contribution is 2.46. The number of rotatable bonds is 2. The Labute approximate surface area is 97.3 Å². The first-order chi connectivity index (χ1) is 8.28. The fourth-order valence-corrected chi connectivity index (χ4v) is 1.72. The summed E-state index contributed by atoms with van der Waals surface area (Å²) in [5.41, 5.74) is 0.784. The molecule has 1 aliphatic carbocycles. The Morgan fingerprint density at radius 3 is 2.76 bits per heavy atom. The Morgan fingerprint density at radius 1 is 1.35 bits per heavy atom. The summed E-state index contributed by atoms with van der Waals surface area (Å²) < 4.78 is 5.13. The van der Waals surface area contributed by atoms with E-state index in [-0.39, 0.29) is 17.6 Å². The van der Waals surface area contributed by atoms with Crippen LogP contribution in [0.25, 0.3) is 11.4 Å². The SMILES string of the molecule is N#CC1CC1c1nc(-c2ccc(O)cc2)no1. The number of phenols is 1. The quantitative estimate of drug-likeness (QED) is 0.849. The highest BCUT2D eigenvalue weighted by molar-refractivity contribution is 5.55. The molecular formula is C12H9N3O2. The average molecular weight is 227 g/mol. The molecule has 5 nitrogen and oxygen atoms in total. The van der Waals surface area contributed by atoms with Gasteiger partial charge in [-0.2, -0.15) is 10.2 Å². The molecule has 2 aromatic rings. The normalized spacial score (nSPS) is 22.1. The molecule has 1 aromatic carbocycles. The van der Waals surface area contributed by atoms with Crippen LogP contribution in [0.1, 0.15) is 18.2 Å². The lowest BCUT2D eigenvalue weighted by atomic mass is 10.2. The van der Waals surface area contributed by atoms with Gasteiger partial charge >= 0.3 is 0 Å². The summed E-state index contributed by atoms with van der Waals surface area (Å²) in [5.74, 6) is 1.33. The van der Waals surface area contributed by atoms with Crippen LogP contribution in [0.5, 0.6) is 5.75 Å². The van der Waals surface area contributed by atoms with Gasteiger partial charge in [0.05, 0.1) is 17.9 Å². The lowest BCUT2D eigenvalue weighted by Crippen LogP contribution is -1.83. The van der Waals surface area contributed by atoms with Crippen LogP contribution in [0.3, 0.4) is 0 Å². The average Bonchev–Trinajstić information content (AvgIpc) is 2.99. The van der Waals surface area contributed by atoms with E-state index >= 15 is 0 Å². The van der Waals surface area contributed by atoms with Gasteiger partial charge in [0, 0.05) is 5.56 Å². The Morgan fingerprint density at radius 2 is 2.12 bits per heavy atom. The maximum atomic E-state index is 9.17. The number of hydrogen-bond acceptors (Lipinski definition) is 5. The van der Waals surface area contributed by atoms with Gasteiger partial charge in [0.1, 0.15) is 5.75 Å². The molecule has 2 unspecified atom stereocenters. The van der Waals surface area contributed by atoms with Crippen molar-refractivity contribution in [1.29, 1.82) is 5.26 Å². The van der Waals surface area contributed by atoms with E-state index in [9.17, 15) is 5.11 Å². The smallest absolute Gasteiger partial charge is 0.231 e. The van der Waals surface area contributed by atoms with Crippen molar-refractivity contribution >= 4 is 0 Å². The van der Waals surface area contributed by atoms with Gasteiger partial charge in [0.25, 0.3) is 0 Å². The third-order valence-corrected chi connectivity index (χ3v) is 2.84. The molecule has 1 N–H and O–H groups in total. The number of nitriles is 1. The van der Waals surface area contributed by atoms with Crippen molar-refractivity contribution in [2.24, 2.45) is 5.92 Å². The summed E-state index contributed by atoms with van der Waals surface area (Å²) in [5, 5.41) is 21.8. The predicted molar refractivity (Wildman–Crippen MR) is 57.9 cm³/mol. The second-order valence-electron chi connectivity index (χ2n) is 4.08. The summed E-state index contributed by atoms with van der Waals surface area (Å²) in [6.45, 7) is 0. The Kier molecular flexibility index (Phi) is 2.08. The standard InChI is InChI=1S/C12H9N3O2/c13-6-8-5-10(8)12-14-11(15-17-12)7-1-3-9(16)4-2-7/h1-4,8,10,16H,5H2. The van der Waals surface area contributed by atoms with E-state index in [1.54, 1.807) is 24.3 Å². The van der Waals surface area contributed by atoms with E-state index in [2.05, 4.69) is 16.2 Å². The maximum Gasteiger partial charge on any atom is 0.231 e. The molecule has 1 fully saturated rings. The molecule has 0 radical (unpaired) electrons. The van der Waals surface area contributed by atoms with E-state index in [4.69, 9.17) is 9.78 Å². The zero-order valence-electron chi connectivity index (χ0n) is 8.87. The van der Waals surface area contributed by atoms with Crippen molar-refractivity contribution in [3.05, 3.63) is 30.2 Å². The van der Waals surface area contributed by atoms with E-state index < -0.39 is 0 Å². The summed E-state index contributed by atoms with van der Waals surface area (Å²) in [7, 11) is 0. The van der Waals surface area contributed by atoms with Crippen molar-refractivity contribution in [1.82, 2.24) is 10.1 Å². The molecule has 0 aliphatic heterocycles. The molecular weight excluding hydrogens is 218 g/mol. The van der Waals surface area contributed by atoms with Crippen molar-refractivity contribution in [2.75, 3.05) is 0 Å². The molecule has 0 bridgehead atoms. The molecule has 17 heavy (non-hydrogen) atoms. The minimum Gasteiger partial charge on any atom is -0.508 e. The third kappa shape index (κ3) is 1.74. The highest BCUT2D eigenvalue weighted by atomic mass is 16.5. The first-order valence-electron chi connectivity index (χ1n) is 5.30. The fourth-order valence-electron chi connectivity index (χ4n) is 1.72. The topological polar surface area (TPSA) is 82.9 Å². The zero-order chi connectivity index (χ0) is 11.8. The lowest BCUT2D eigenvalue weighted by Gasteiger charge is -1.93. The minimum absolute atomic E-state index is 0.0168. The Hall–Kier alpha value is -2.35. The van der Waals surface area contributed by atoms with Gasteiger partial charge in [-0.15, -0.1) is 0 Å². The summed E-state index contributed by atoms with van der Waals surface area (Å²) >= 11 is 0. The molecule has 0 saturated heterocycles. The third-order valence-electron chi connectivity index (χ3n) is 2.84. The Balaban J connectivity index is 1.86. The highest BCUT2D eigenvalue weighted by Gasteiger charge is 2.43. The first-order valence-corrected chi connectivity index (χ1v) is 5.30. The molecule has 1 heterocycles. The molecule has 3 rings (SSSR count). The van der Waals surface area contributed by atoms with E-state index in [0.29, 0.717) is 11.7 Å². The van der Waals surface area contributed by atoms with Crippen LogP contribution < -0.4 is 0 Å². The van der Waals surface area contributed by atoms with Gasteiger partial charge in [-0.3, -0.25) is 0 Å². The molecule has 0 spiro atoms. The fraction of sp³-hybridized carbons (Fsp3) is 0.250. The van der Waals surface area contributed by atoms with Crippen molar-refractivity contribution < 1.29 is 9.63 Å². The van der Waals surface area contributed by atoms with Crippen LogP contribution in [0, 0.1) is 17.2 Å². The van der Waals surface area contributed by atoms with Gasteiger partial charge in [-0.1, -0.05) is 5.16 Å². The van der Waals surface area contributed by atoms with Gasteiger partial charge in [0.2, 0.25) is 11.7 Å². The van der Waals surface area contributed by atoms with Gasteiger partial charge in [-0.25, -0.2) is 0 Å². The molecule has 5 heteroatoms. The number of aromatic hydroxyl groups is 1. The van der Waals surface area contributed by atoms with Gasteiger partial charge in [0.15, 0.2) is 0 Å². The van der Waals surface area contributed by atoms with Crippen molar-refractivity contribution in [3.8, 4) is 23.2 Å².